The van der Waals surface area contributed by atoms with Crippen LogP contribution in [0, 0.1) is 12.8 Å². The van der Waals surface area contributed by atoms with E-state index in [9.17, 15) is 9.59 Å². The van der Waals surface area contributed by atoms with Crippen molar-refractivity contribution in [2.75, 3.05) is 18.4 Å². The monoisotopic (exact) mass is 313 g/mol. The molecule has 1 saturated carbocycles. The predicted octanol–water partition coefficient (Wildman–Crippen LogP) is 2.47. The molecule has 0 bridgehead atoms. The number of anilines is 1. The quantitative estimate of drug-likeness (QED) is 0.889. The second-order valence-corrected chi connectivity index (χ2v) is 5.93. The van der Waals surface area contributed by atoms with Gasteiger partial charge in [0.2, 0.25) is 5.91 Å². The number of nitrogens with zero attached hydrogens (tertiary/aromatic N) is 2. The van der Waals surface area contributed by atoms with Crippen LogP contribution in [0.4, 0.5) is 5.82 Å². The molecule has 1 fully saturated rings. The number of rotatable bonds is 6. The van der Waals surface area contributed by atoms with Crippen molar-refractivity contribution in [3.8, 4) is 0 Å². The van der Waals surface area contributed by atoms with Gasteiger partial charge in [-0.3, -0.25) is 9.59 Å². The topological polar surface area (TPSA) is 75.4 Å². The van der Waals surface area contributed by atoms with E-state index in [0.29, 0.717) is 23.8 Å². The molecule has 1 aliphatic rings. The summed E-state index contributed by atoms with van der Waals surface area (Å²) in [5.41, 5.74) is 1.70. The standard InChI is InChI=1S/C17H19N3O3/c1-12-2-6-14(7-3-12)17(22)20(10-13-4-5-13)11-16(21)18-15-8-9-23-19-15/h2-3,6-9,13H,4-5,10-11H2,1H3,(H,18,19,21). The van der Waals surface area contributed by atoms with Crippen LogP contribution >= 0.6 is 0 Å². The van der Waals surface area contributed by atoms with Crippen LogP contribution in [-0.4, -0.2) is 35.0 Å². The molecule has 0 aliphatic heterocycles. The Bertz CT molecular complexity index is 676. The highest BCUT2D eigenvalue weighted by Gasteiger charge is 2.28. The number of aromatic nitrogens is 1. The van der Waals surface area contributed by atoms with Crippen molar-refractivity contribution in [2.45, 2.75) is 19.8 Å². The second kappa shape index (κ2) is 6.64. The zero-order valence-corrected chi connectivity index (χ0v) is 13.0. The second-order valence-electron chi connectivity index (χ2n) is 5.93. The smallest absolute Gasteiger partial charge is 0.254 e. The fourth-order valence-electron chi connectivity index (χ4n) is 2.34. The first kappa shape index (κ1) is 15.3. The average molecular weight is 313 g/mol. The molecule has 120 valence electrons. The van der Waals surface area contributed by atoms with Crippen molar-refractivity contribution in [3.05, 3.63) is 47.7 Å². The first-order valence-electron chi connectivity index (χ1n) is 7.68. The van der Waals surface area contributed by atoms with Gasteiger partial charge in [0.15, 0.2) is 5.82 Å². The van der Waals surface area contributed by atoms with Crippen molar-refractivity contribution in [2.24, 2.45) is 5.92 Å². The zero-order valence-electron chi connectivity index (χ0n) is 13.0. The number of amides is 2. The average Bonchev–Trinajstić information content (AvgIpc) is 3.21. The Kier molecular flexibility index (Phi) is 4.41. The first-order chi connectivity index (χ1) is 11.1. The lowest BCUT2D eigenvalue weighted by atomic mass is 10.1. The number of nitrogens with one attached hydrogen (secondary N) is 1. The molecule has 23 heavy (non-hydrogen) atoms. The van der Waals surface area contributed by atoms with Gasteiger partial charge in [0.05, 0.1) is 0 Å². The van der Waals surface area contributed by atoms with Crippen LogP contribution in [0.5, 0.6) is 0 Å². The molecular weight excluding hydrogens is 294 g/mol. The van der Waals surface area contributed by atoms with Crippen LogP contribution in [0.1, 0.15) is 28.8 Å². The molecule has 1 N–H and O–H groups in total. The lowest BCUT2D eigenvalue weighted by Gasteiger charge is -2.22. The largest absolute Gasteiger partial charge is 0.363 e. The Morgan fingerprint density at radius 1 is 1.26 bits per heavy atom. The molecule has 2 aromatic rings. The molecule has 3 rings (SSSR count). The van der Waals surface area contributed by atoms with E-state index in [2.05, 4.69) is 15.0 Å². The number of aryl methyl sites for hydroxylation is 1. The fraction of sp³-hybridized carbons (Fsp3) is 0.353. The van der Waals surface area contributed by atoms with Crippen LogP contribution in [0.3, 0.4) is 0 Å². The fourth-order valence-corrected chi connectivity index (χ4v) is 2.34. The molecule has 0 spiro atoms. The maximum Gasteiger partial charge on any atom is 0.254 e. The van der Waals surface area contributed by atoms with E-state index in [4.69, 9.17) is 0 Å². The third-order valence-corrected chi connectivity index (χ3v) is 3.80. The zero-order chi connectivity index (χ0) is 16.2. The van der Waals surface area contributed by atoms with E-state index in [1.165, 1.54) is 6.26 Å². The SMILES string of the molecule is Cc1ccc(C(=O)N(CC(=O)Nc2ccon2)CC2CC2)cc1. The predicted molar refractivity (Wildman–Crippen MR) is 84.9 cm³/mol. The molecule has 1 aromatic carbocycles. The Hall–Kier alpha value is -2.63. The molecule has 6 nitrogen and oxygen atoms in total. The maximum atomic E-state index is 12.7. The summed E-state index contributed by atoms with van der Waals surface area (Å²) in [5, 5.41) is 6.26. The minimum Gasteiger partial charge on any atom is -0.363 e. The third-order valence-electron chi connectivity index (χ3n) is 3.80. The third kappa shape index (κ3) is 4.18. The van der Waals surface area contributed by atoms with E-state index >= 15 is 0 Å². The van der Waals surface area contributed by atoms with Gasteiger partial charge in [-0.2, -0.15) is 0 Å². The summed E-state index contributed by atoms with van der Waals surface area (Å²) in [6.45, 7) is 2.59. The van der Waals surface area contributed by atoms with E-state index in [0.717, 1.165) is 18.4 Å². The summed E-state index contributed by atoms with van der Waals surface area (Å²) in [4.78, 5) is 26.4. The molecule has 0 unspecified atom stereocenters. The Balaban J connectivity index is 1.67. The normalized spacial score (nSPS) is 13.6. The number of hydrogen-bond acceptors (Lipinski definition) is 4. The van der Waals surface area contributed by atoms with Gasteiger partial charge in [-0.05, 0) is 37.8 Å². The van der Waals surface area contributed by atoms with Crippen LogP contribution in [0.25, 0.3) is 0 Å². The number of carbonyl (C=O) groups is 2. The molecule has 6 heteroatoms. The van der Waals surface area contributed by atoms with Crippen molar-refractivity contribution in [1.82, 2.24) is 10.1 Å². The van der Waals surface area contributed by atoms with Crippen molar-refractivity contribution >= 4 is 17.6 Å². The first-order valence-corrected chi connectivity index (χ1v) is 7.68. The summed E-state index contributed by atoms with van der Waals surface area (Å²) in [6.07, 6.45) is 3.61. The van der Waals surface area contributed by atoms with Crippen LogP contribution < -0.4 is 5.32 Å². The van der Waals surface area contributed by atoms with E-state index in [1.54, 1.807) is 23.1 Å². The summed E-state index contributed by atoms with van der Waals surface area (Å²) in [6, 6.07) is 8.96. The van der Waals surface area contributed by atoms with Gasteiger partial charge < -0.3 is 14.7 Å². The molecule has 1 heterocycles. The maximum absolute atomic E-state index is 12.7. The van der Waals surface area contributed by atoms with Gasteiger partial charge in [0.25, 0.3) is 5.91 Å². The minimum atomic E-state index is -0.278. The van der Waals surface area contributed by atoms with Crippen molar-refractivity contribution < 1.29 is 14.1 Å². The Labute approximate surface area is 134 Å². The lowest BCUT2D eigenvalue weighted by Crippen LogP contribution is -2.39. The molecule has 1 aliphatic carbocycles. The van der Waals surface area contributed by atoms with E-state index in [-0.39, 0.29) is 18.4 Å². The molecule has 0 radical (unpaired) electrons. The van der Waals surface area contributed by atoms with Crippen LogP contribution in [-0.2, 0) is 4.79 Å². The summed E-state index contributed by atoms with van der Waals surface area (Å²) < 4.78 is 4.68. The van der Waals surface area contributed by atoms with Gasteiger partial charge in [-0.1, -0.05) is 22.9 Å². The molecule has 0 saturated heterocycles. The summed E-state index contributed by atoms with van der Waals surface area (Å²) in [7, 11) is 0. The van der Waals surface area contributed by atoms with Gasteiger partial charge in [0, 0.05) is 18.2 Å². The molecule has 2 amide bonds. The van der Waals surface area contributed by atoms with Gasteiger partial charge >= 0.3 is 0 Å². The van der Waals surface area contributed by atoms with Crippen molar-refractivity contribution in [3.63, 3.8) is 0 Å². The molecular formula is C17H19N3O3. The van der Waals surface area contributed by atoms with Crippen LogP contribution in [0.2, 0.25) is 0 Å². The summed E-state index contributed by atoms with van der Waals surface area (Å²) in [5.74, 6) is 0.459. The number of hydrogen-bond donors (Lipinski definition) is 1. The van der Waals surface area contributed by atoms with Gasteiger partial charge in [-0.15, -0.1) is 0 Å². The van der Waals surface area contributed by atoms with E-state index < -0.39 is 0 Å². The highest BCUT2D eigenvalue weighted by atomic mass is 16.5. The Morgan fingerprint density at radius 3 is 2.61 bits per heavy atom. The number of benzene rings is 1. The van der Waals surface area contributed by atoms with Crippen LogP contribution in [0.15, 0.2) is 41.1 Å². The minimum absolute atomic E-state index is 0.00999. The molecule has 0 atom stereocenters. The number of carbonyl (C=O) groups excluding carboxylic acids is 2. The Morgan fingerprint density at radius 2 is 2.00 bits per heavy atom. The van der Waals surface area contributed by atoms with Crippen molar-refractivity contribution in [1.29, 1.82) is 0 Å². The van der Waals surface area contributed by atoms with Gasteiger partial charge in [-0.25, -0.2) is 0 Å². The lowest BCUT2D eigenvalue weighted by molar-refractivity contribution is -0.117. The highest BCUT2D eigenvalue weighted by Crippen LogP contribution is 2.30. The van der Waals surface area contributed by atoms with E-state index in [1.807, 2.05) is 19.1 Å². The molecule has 1 aromatic heterocycles. The van der Waals surface area contributed by atoms with Gasteiger partial charge in [0.1, 0.15) is 12.8 Å². The summed E-state index contributed by atoms with van der Waals surface area (Å²) >= 11 is 0. The highest BCUT2D eigenvalue weighted by molar-refractivity contribution is 5.99.